The number of hydrogen-bond acceptors (Lipinski definition) is 2. The molecule has 2 aromatic rings. The zero-order valence-corrected chi connectivity index (χ0v) is 14.0. The molecular formula is C19H22FN3O. The maximum atomic E-state index is 13.7. The normalized spacial score (nSPS) is 17.7. The van der Waals surface area contributed by atoms with Crippen molar-refractivity contribution in [1.29, 1.82) is 0 Å². The van der Waals surface area contributed by atoms with Gasteiger partial charge in [-0.05, 0) is 43.7 Å². The van der Waals surface area contributed by atoms with Crippen LogP contribution in [0.2, 0.25) is 0 Å². The minimum Gasteiger partial charge on any atom is -0.365 e. The smallest absolute Gasteiger partial charge is 0.322 e. The number of aryl methyl sites for hydroxylation is 1. The molecule has 3 rings (SSSR count). The summed E-state index contributed by atoms with van der Waals surface area (Å²) >= 11 is 0. The van der Waals surface area contributed by atoms with Crippen LogP contribution < -0.4 is 10.2 Å². The van der Waals surface area contributed by atoms with E-state index < -0.39 is 5.82 Å². The number of benzene rings is 2. The van der Waals surface area contributed by atoms with E-state index >= 15 is 0 Å². The number of halogens is 1. The molecule has 1 fully saturated rings. The van der Waals surface area contributed by atoms with Crippen molar-refractivity contribution in [3.05, 3.63) is 59.9 Å². The Morgan fingerprint density at radius 2 is 1.96 bits per heavy atom. The van der Waals surface area contributed by atoms with Gasteiger partial charge in [0.05, 0.1) is 5.69 Å². The summed E-state index contributed by atoms with van der Waals surface area (Å²) in [7, 11) is 0. The lowest BCUT2D eigenvalue weighted by Crippen LogP contribution is -2.54. The summed E-state index contributed by atoms with van der Waals surface area (Å²) < 4.78 is 13.7. The number of carbonyl (C=O) groups is 1. The molecule has 1 aliphatic rings. The SMILES string of the molecule is Cc1cccc(N2CCN(C(=O)Nc3ccccc3F)CC2C)c1. The summed E-state index contributed by atoms with van der Waals surface area (Å²) in [6, 6.07) is 14.5. The summed E-state index contributed by atoms with van der Waals surface area (Å²) in [5, 5.41) is 2.66. The van der Waals surface area contributed by atoms with E-state index in [2.05, 4.69) is 48.3 Å². The van der Waals surface area contributed by atoms with E-state index in [1.54, 1.807) is 23.1 Å². The maximum Gasteiger partial charge on any atom is 0.322 e. The number of urea groups is 1. The van der Waals surface area contributed by atoms with Gasteiger partial charge in [0.2, 0.25) is 0 Å². The first-order chi connectivity index (χ1) is 11.5. The molecule has 1 unspecified atom stereocenters. The van der Waals surface area contributed by atoms with E-state index in [-0.39, 0.29) is 17.8 Å². The fourth-order valence-corrected chi connectivity index (χ4v) is 3.09. The first kappa shape index (κ1) is 16.3. The van der Waals surface area contributed by atoms with Gasteiger partial charge in [-0.3, -0.25) is 0 Å². The molecular weight excluding hydrogens is 305 g/mol. The van der Waals surface area contributed by atoms with Crippen LogP contribution >= 0.6 is 0 Å². The minimum atomic E-state index is -0.419. The zero-order valence-electron chi connectivity index (χ0n) is 14.0. The van der Waals surface area contributed by atoms with E-state index in [0.717, 1.165) is 6.54 Å². The van der Waals surface area contributed by atoms with Crippen molar-refractivity contribution >= 4 is 17.4 Å². The molecule has 1 saturated heterocycles. The molecule has 0 spiro atoms. The highest BCUT2D eigenvalue weighted by molar-refractivity contribution is 5.89. The molecule has 0 radical (unpaired) electrons. The van der Waals surface area contributed by atoms with E-state index in [0.29, 0.717) is 13.1 Å². The second kappa shape index (κ2) is 6.91. The van der Waals surface area contributed by atoms with Crippen molar-refractivity contribution in [3.8, 4) is 0 Å². The van der Waals surface area contributed by atoms with Crippen LogP contribution in [0.25, 0.3) is 0 Å². The molecule has 0 bridgehead atoms. The van der Waals surface area contributed by atoms with Gasteiger partial charge in [-0.15, -0.1) is 0 Å². The average Bonchev–Trinajstić information content (AvgIpc) is 2.56. The lowest BCUT2D eigenvalue weighted by molar-refractivity contribution is 0.200. The number of hydrogen-bond donors (Lipinski definition) is 1. The number of carbonyl (C=O) groups excluding carboxylic acids is 1. The van der Waals surface area contributed by atoms with E-state index in [1.807, 2.05) is 0 Å². The van der Waals surface area contributed by atoms with Gasteiger partial charge < -0.3 is 15.1 Å². The summed E-state index contributed by atoms with van der Waals surface area (Å²) in [4.78, 5) is 16.4. The fraction of sp³-hybridized carbons (Fsp3) is 0.316. The van der Waals surface area contributed by atoms with Gasteiger partial charge in [0.1, 0.15) is 5.82 Å². The Kier molecular flexibility index (Phi) is 4.69. The topological polar surface area (TPSA) is 35.6 Å². The van der Waals surface area contributed by atoms with Crippen LogP contribution in [0.4, 0.5) is 20.6 Å². The van der Waals surface area contributed by atoms with E-state index in [1.165, 1.54) is 17.3 Å². The molecule has 24 heavy (non-hydrogen) atoms. The second-order valence-electron chi connectivity index (χ2n) is 6.24. The molecule has 5 heteroatoms. The summed E-state index contributed by atoms with van der Waals surface area (Å²) in [6.45, 7) is 6.15. The van der Waals surface area contributed by atoms with Crippen molar-refractivity contribution in [1.82, 2.24) is 4.90 Å². The van der Waals surface area contributed by atoms with Crippen LogP contribution in [0.1, 0.15) is 12.5 Å². The zero-order chi connectivity index (χ0) is 17.1. The number of amides is 2. The number of rotatable bonds is 2. The second-order valence-corrected chi connectivity index (χ2v) is 6.24. The Balaban J connectivity index is 1.65. The Bertz CT molecular complexity index is 734. The number of nitrogens with zero attached hydrogens (tertiary/aromatic N) is 2. The third kappa shape index (κ3) is 3.50. The third-order valence-corrected chi connectivity index (χ3v) is 4.36. The van der Waals surface area contributed by atoms with Crippen LogP contribution in [0.3, 0.4) is 0 Å². The number of para-hydroxylation sites is 1. The first-order valence-corrected chi connectivity index (χ1v) is 8.18. The molecule has 0 saturated carbocycles. The van der Waals surface area contributed by atoms with Gasteiger partial charge >= 0.3 is 6.03 Å². The average molecular weight is 327 g/mol. The Hall–Kier alpha value is -2.56. The molecule has 4 nitrogen and oxygen atoms in total. The molecule has 2 amide bonds. The van der Waals surface area contributed by atoms with Gasteiger partial charge in [0.15, 0.2) is 0 Å². The highest BCUT2D eigenvalue weighted by atomic mass is 19.1. The third-order valence-electron chi connectivity index (χ3n) is 4.36. The molecule has 0 aromatic heterocycles. The molecule has 2 aromatic carbocycles. The summed E-state index contributed by atoms with van der Waals surface area (Å²) in [6.07, 6.45) is 0. The van der Waals surface area contributed by atoms with Crippen molar-refractivity contribution in [2.24, 2.45) is 0 Å². The molecule has 1 N–H and O–H groups in total. The quantitative estimate of drug-likeness (QED) is 0.909. The Labute approximate surface area is 141 Å². The van der Waals surface area contributed by atoms with E-state index in [4.69, 9.17) is 0 Å². The Morgan fingerprint density at radius 3 is 2.67 bits per heavy atom. The predicted octanol–water partition coefficient (Wildman–Crippen LogP) is 3.88. The van der Waals surface area contributed by atoms with Gasteiger partial charge in [0, 0.05) is 31.4 Å². The standard InChI is InChI=1S/C19H22FN3O/c1-14-6-5-7-16(12-14)23-11-10-22(13-15(23)2)19(24)21-18-9-4-3-8-17(18)20/h3-9,12,15H,10-11,13H2,1-2H3,(H,21,24). The highest BCUT2D eigenvalue weighted by Gasteiger charge is 2.27. The molecule has 1 atom stereocenters. The van der Waals surface area contributed by atoms with Gasteiger partial charge in [-0.1, -0.05) is 24.3 Å². The largest absolute Gasteiger partial charge is 0.365 e. The maximum absolute atomic E-state index is 13.7. The molecule has 1 heterocycles. The van der Waals surface area contributed by atoms with Crippen LogP contribution in [0, 0.1) is 12.7 Å². The summed E-state index contributed by atoms with van der Waals surface area (Å²) in [5.74, 6) is -0.419. The Morgan fingerprint density at radius 1 is 1.17 bits per heavy atom. The van der Waals surface area contributed by atoms with Crippen molar-refractivity contribution in [2.45, 2.75) is 19.9 Å². The van der Waals surface area contributed by atoms with Crippen LogP contribution in [-0.2, 0) is 0 Å². The number of anilines is 2. The number of nitrogens with one attached hydrogen (secondary N) is 1. The van der Waals surface area contributed by atoms with Gasteiger partial charge in [0.25, 0.3) is 0 Å². The lowest BCUT2D eigenvalue weighted by Gasteiger charge is -2.41. The van der Waals surface area contributed by atoms with Crippen molar-refractivity contribution < 1.29 is 9.18 Å². The van der Waals surface area contributed by atoms with Gasteiger partial charge in [-0.25, -0.2) is 9.18 Å². The number of piperazine rings is 1. The van der Waals surface area contributed by atoms with Crippen LogP contribution in [0.15, 0.2) is 48.5 Å². The van der Waals surface area contributed by atoms with E-state index in [9.17, 15) is 9.18 Å². The van der Waals surface area contributed by atoms with Gasteiger partial charge in [-0.2, -0.15) is 0 Å². The van der Waals surface area contributed by atoms with Crippen molar-refractivity contribution in [3.63, 3.8) is 0 Å². The monoisotopic (exact) mass is 327 g/mol. The first-order valence-electron chi connectivity index (χ1n) is 8.18. The molecule has 126 valence electrons. The van der Waals surface area contributed by atoms with Crippen LogP contribution in [-0.4, -0.2) is 36.6 Å². The molecule has 1 aliphatic heterocycles. The summed E-state index contributed by atoms with van der Waals surface area (Å²) in [5.41, 5.74) is 2.62. The predicted molar refractivity (Wildman–Crippen MR) is 95.0 cm³/mol. The van der Waals surface area contributed by atoms with Crippen LogP contribution in [0.5, 0.6) is 0 Å². The molecule has 0 aliphatic carbocycles. The minimum absolute atomic E-state index is 0.201. The van der Waals surface area contributed by atoms with Crippen molar-refractivity contribution in [2.75, 3.05) is 29.9 Å². The fourth-order valence-electron chi connectivity index (χ4n) is 3.09. The highest BCUT2D eigenvalue weighted by Crippen LogP contribution is 2.22. The lowest BCUT2D eigenvalue weighted by atomic mass is 10.1.